The number of rotatable bonds is 6. The van der Waals surface area contributed by atoms with Crippen LogP contribution in [0.25, 0.3) is 0 Å². The van der Waals surface area contributed by atoms with Gasteiger partial charge >= 0.3 is 5.97 Å². The molecule has 0 aliphatic heterocycles. The molecule has 142 valence electrons. The quantitative estimate of drug-likeness (QED) is 0.766. The van der Waals surface area contributed by atoms with E-state index in [1.165, 1.54) is 38.2 Å². The zero-order valence-electron chi connectivity index (χ0n) is 15.1. The van der Waals surface area contributed by atoms with Crippen LogP contribution in [0.1, 0.15) is 17.3 Å². The molecule has 7 nitrogen and oxygen atoms in total. The fourth-order valence-electron chi connectivity index (χ4n) is 2.39. The molecule has 0 saturated heterocycles. The molecule has 0 radical (unpaired) electrons. The number of carbonyl (C=O) groups is 3. The molecule has 0 unspecified atom stereocenters. The lowest BCUT2D eigenvalue weighted by atomic mass is 10.2. The zero-order chi connectivity index (χ0) is 20.0. The summed E-state index contributed by atoms with van der Waals surface area (Å²) in [4.78, 5) is 37.2. The van der Waals surface area contributed by atoms with Crippen LogP contribution in [-0.2, 0) is 14.3 Å². The fourth-order valence-corrected chi connectivity index (χ4v) is 2.56. The molecule has 27 heavy (non-hydrogen) atoms. The lowest BCUT2D eigenvalue weighted by Crippen LogP contribution is -2.36. The van der Waals surface area contributed by atoms with E-state index in [1.54, 1.807) is 30.3 Å². The number of nitrogens with zero attached hydrogens (tertiary/aromatic N) is 1. The van der Waals surface area contributed by atoms with E-state index in [0.717, 1.165) is 0 Å². The number of nitrogens with one attached hydrogen (secondary N) is 1. The Kier molecular flexibility index (Phi) is 6.79. The van der Waals surface area contributed by atoms with Gasteiger partial charge in [0, 0.05) is 17.6 Å². The van der Waals surface area contributed by atoms with E-state index in [4.69, 9.17) is 16.3 Å². The summed E-state index contributed by atoms with van der Waals surface area (Å²) in [5.74, 6) is -0.789. The predicted octanol–water partition coefficient (Wildman–Crippen LogP) is 3.13. The molecule has 0 heterocycles. The third-order valence-corrected chi connectivity index (χ3v) is 3.95. The number of halogens is 1. The normalized spacial score (nSPS) is 10.1. The van der Waals surface area contributed by atoms with Crippen molar-refractivity contribution in [2.75, 3.05) is 31.0 Å². The van der Waals surface area contributed by atoms with E-state index in [-0.39, 0.29) is 12.5 Å². The van der Waals surface area contributed by atoms with Gasteiger partial charge in [-0.1, -0.05) is 11.6 Å². The topological polar surface area (TPSA) is 84.9 Å². The van der Waals surface area contributed by atoms with Crippen molar-refractivity contribution in [3.05, 3.63) is 53.1 Å². The number of hydrogen-bond acceptors (Lipinski definition) is 5. The van der Waals surface area contributed by atoms with Crippen LogP contribution < -0.4 is 15.0 Å². The van der Waals surface area contributed by atoms with Gasteiger partial charge < -0.3 is 19.7 Å². The second-order valence-corrected chi connectivity index (χ2v) is 5.97. The van der Waals surface area contributed by atoms with Gasteiger partial charge in [0.2, 0.25) is 11.8 Å². The number of benzene rings is 2. The van der Waals surface area contributed by atoms with E-state index in [9.17, 15) is 14.4 Å². The minimum Gasteiger partial charge on any atom is -0.495 e. The highest BCUT2D eigenvalue weighted by atomic mass is 35.5. The van der Waals surface area contributed by atoms with Crippen LogP contribution in [0.15, 0.2) is 42.5 Å². The van der Waals surface area contributed by atoms with E-state index in [1.807, 2.05) is 0 Å². The fraction of sp³-hybridized carbons (Fsp3) is 0.211. The number of anilines is 2. The Balaban J connectivity index is 2.16. The van der Waals surface area contributed by atoms with E-state index in [0.29, 0.717) is 27.7 Å². The van der Waals surface area contributed by atoms with Crippen molar-refractivity contribution in [1.82, 2.24) is 0 Å². The number of hydrogen-bond donors (Lipinski definition) is 1. The Morgan fingerprint density at radius 2 is 1.74 bits per heavy atom. The lowest BCUT2D eigenvalue weighted by Gasteiger charge is -2.21. The highest BCUT2D eigenvalue weighted by Gasteiger charge is 2.18. The Labute approximate surface area is 161 Å². The average Bonchev–Trinajstić information content (AvgIpc) is 2.65. The summed E-state index contributed by atoms with van der Waals surface area (Å²) in [5, 5.41) is 3.12. The SMILES string of the molecule is COC(=O)c1ccc(N(CC(=O)Nc2cc(Cl)ccc2OC)C(C)=O)cc1. The van der Waals surface area contributed by atoms with Crippen molar-refractivity contribution in [2.45, 2.75) is 6.92 Å². The van der Waals surface area contributed by atoms with Crippen LogP contribution in [0.2, 0.25) is 5.02 Å². The summed E-state index contributed by atoms with van der Waals surface area (Å²) >= 11 is 5.95. The number of methoxy groups -OCH3 is 2. The first-order valence-corrected chi connectivity index (χ1v) is 8.33. The first-order chi connectivity index (χ1) is 12.8. The average molecular weight is 391 g/mol. The van der Waals surface area contributed by atoms with Crippen molar-refractivity contribution >= 4 is 40.8 Å². The van der Waals surface area contributed by atoms with Gasteiger partial charge in [0.05, 0.1) is 25.5 Å². The molecule has 0 spiro atoms. The molecule has 0 fully saturated rings. The maximum Gasteiger partial charge on any atom is 0.337 e. The molecule has 0 saturated carbocycles. The van der Waals surface area contributed by atoms with Crippen LogP contribution in [0.4, 0.5) is 11.4 Å². The lowest BCUT2D eigenvalue weighted by molar-refractivity contribution is -0.120. The largest absolute Gasteiger partial charge is 0.495 e. The number of carbonyl (C=O) groups excluding carboxylic acids is 3. The van der Waals surface area contributed by atoms with Crippen LogP contribution in [0.3, 0.4) is 0 Å². The summed E-state index contributed by atoms with van der Waals surface area (Å²) in [7, 11) is 2.76. The molecule has 2 amide bonds. The van der Waals surface area contributed by atoms with Gasteiger partial charge in [-0.05, 0) is 42.5 Å². The Morgan fingerprint density at radius 3 is 2.30 bits per heavy atom. The van der Waals surface area contributed by atoms with Crippen molar-refractivity contribution in [2.24, 2.45) is 0 Å². The van der Waals surface area contributed by atoms with Crippen molar-refractivity contribution in [3.63, 3.8) is 0 Å². The second kappa shape index (κ2) is 9.05. The van der Waals surface area contributed by atoms with Gasteiger partial charge in [0.1, 0.15) is 12.3 Å². The third kappa shape index (κ3) is 5.21. The number of ether oxygens (including phenoxy) is 2. The standard InChI is InChI=1S/C19H19ClN2O5/c1-12(23)22(15-7-4-13(5-8-15)19(25)27-3)11-18(24)21-16-10-14(20)6-9-17(16)26-2/h4-10H,11H2,1-3H3,(H,21,24). The molecular formula is C19H19ClN2O5. The first kappa shape index (κ1) is 20.3. The van der Waals surface area contributed by atoms with Crippen LogP contribution in [-0.4, -0.2) is 38.5 Å². The molecule has 0 aliphatic carbocycles. The van der Waals surface area contributed by atoms with Crippen LogP contribution in [0, 0.1) is 0 Å². The molecule has 0 aromatic heterocycles. The van der Waals surface area contributed by atoms with Crippen molar-refractivity contribution < 1.29 is 23.9 Å². The summed E-state index contributed by atoms with van der Waals surface area (Å²) < 4.78 is 9.83. The minimum absolute atomic E-state index is 0.220. The van der Waals surface area contributed by atoms with Gasteiger partial charge in [-0.3, -0.25) is 9.59 Å². The maximum atomic E-state index is 12.4. The van der Waals surface area contributed by atoms with Crippen LogP contribution >= 0.6 is 11.6 Å². The highest BCUT2D eigenvalue weighted by molar-refractivity contribution is 6.31. The molecular weight excluding hydrogens is 372 g/mol. The highest BCUT2D eigenvalue weighted by Crippen LogP contribution is 2.27. The van der Waals surface area contributed by atoms with Crippen molar-refractivity contribution in [3.8, 4) is 5.75 Å². The molecule has 0 atom stereocenters. The third-order valence-electron chi connectivity index (χ3n) is 3.72. The van der Waals surface area contributed by atoms with Gasteiger partial charge in [-0.2, -0.15) is 0 Å². The van der Waals surface area contributed by atoms with Gasteiger partial charge in [0.25, 0.3) is 0 Å². The van der Waals surface area contributed by atoms with Gasteiger partial charge in [0.15, 0.2) is 0 Å². The van der Waals surface area contributed by atoms with E-state index < -0.39 is 11.9 Å². The monoisotopic (exact) mass is 390 g/mol. The predicted molar refractivity (Wildman–Crippen MR) is 102 cm³/mol. The van der Waals surface area contributed by atoms with E-state index >= 15 is 0 Å². The summed E-state index contributed by atoms with van der Waals surface area (Å²) in [6.45, 7) is 1.13. The first-order valence-electron chi connectivity index (χ1n) is 7.95. The molecule has 2 aromatic rings. The molecule has 8 heteroatoms. The Hall–Kier alpha value is -3.06. The second-order valence-electron chi connectivity index (χ2n) is 5.54. The van der Waals surface area contributed by atoms with E-state index in [2.05, 4.69) is 10.1 Å². The summed E-state index contributed by atoms with van der Waals surface area (Å²) in [6, 6.07) is 11.0. The molecule has 0 bridgehead atoms. The van der Waals surface area contributed by atoms with Gasteiger partial charge in [-0.25, -0.2) is 4.79 Å². The van der Waals surface area contributed by atoms with Crippen LogP contribution in [0.5, 0.6) is 5.75 Å². The Morgan fingerprint density at radius 1 is 1.07 bits per heavy atom. The maximum absolute atomic E-state index is 12.4. The minimum atomic E-state index is -0.485. The zero-order valence-corrected chi connectivity index (χ0v) is 15.9. The summed E-state index contributed by atoms with van der Waals surface area (Å²) in [5.41, 5.74) is 1.22. The smallest absolute Gasteiger partial charge is 0.337 e. The summed E-state index contributed by atoms with van der Waals surface area (Å²) in [6.07, 6.45) is 0. The molecule has 2 aromatic carbocycles. The van der Waals surface area contributed by atoms with Crippen molar-refractivity contribution in [1.29, 1.82) is 0 Å². The number of esters is 1. The molecule has 0 aliphatic rings. The Bertz CT molecular complexity index is 852. The van der Waals surface area contributed by atoms with Gasteiger partial charge in [-0.15, -0.1) is 0 Å². The molecule has 1 N–H and O–H groups in total. The number of amides is 2. The molecule has 2 rings (SSSR count).